The first-order valence-corrected chi connectivity index (χ1v) is 9.38. The van der Waals surface area contributed by atoms with E-state index in [-0.39, 0.29) is 30.3 Å². The van der Waals surface area contributed by atoms with E-state index in [4.69, 9.17) is 5.73 Å². The second-order valence-corrected chi connectivity index (χ2v) is 7.77. The monoisotopic (exact) mass is 392 g/mol. The highest BCUT2D eigenvalue weighted by Crippen LogP contribution is 2.24. The summed E-state index contributed by atoms with van der Waals surface area (Å²) in [6, 6.07) is 8.29. The number of rotatable bonds is 7. The van der Waals surface area contributed by atoms with Crippen LogP contribution in [-0.4, -0.2) is 40.2 Å². The lowest BCUT2D eigenvalue weighted by atomic mass is 10.0. The summed E-state index contributed by atoms with van der Waals surface area (Å²) >= 11 is 0. The normalized spacial score (nSPS) is 12.2. The Bertz CT molecular complexity index is 737. The zero-order valence-corrected chi connectivity index (χ0v) is 18.1. The van der Waals surface area contributed by atoms with Gasteiger partial charge in [-0.05, 0) is 37.3 Å². The molecule has 5 nitrogen and oxygen atoms in total. The van der Waals surface area contributed by atoms with Gasteiger partial charge in [0.1, 0.15) is 0 Å². The van der Waals surface area contributed by atoms with E-state index in [0.29, 0.717) is 18.0 Å². The maximum absolute atomic E-state index is 13.0. The van der Waals surface area contributed by atoms with Crippen molar-refractivity contribution in [3.63, 3.8) is 0 Å². The van der Waals surface area contributed by atoms with Gasteiger partial charge >= 0.3 is 0 Å². The van der Waals surface area contributed by atoms with Gasteiger partial charge < -0.3 is 10.6 Å². The van der Waals surface area contributed by atoms with Gasteiger partial charge in [0.25, 0.3) is 5.91 Å². The molecule has 0 bridgehead atoms. The molecule has 1 amide bonds. The standard InChI is InChI=1S/C21H32N4O.ClH/c1-14(2)19(22)11-12-24(6)21(26)18-13-23-25(20(18)15(3)4)17-9-7-16(5)8-10-17;/h7-10,13-15,19H,11-12,22H2,1-6H3;1H. The van der Waals surface area contributed by atoms with Crippen molar-refractivity contribution in [1.82, 2.24) is 14.7 Å². The molecule has 1 unspecified atom stereocenters. The van der Waals surface area contributed by atoms with E-state index in [0.717, 1.165) is 17.8 Å². The molecule has 0 aliphatic rings. The van der Waals surface area contributed by atoms with Crippen molar-refractivity contribution < 1.29 is 4.79 Å². The Labute approximate surface area is 169 Å². The Morgan fingerprint density at radius 2 is 1.78 bits per heavy atom. The minimum Gasteiger partial charge on any atom is -0.342 e. The molecule has 1 aromatic heterocycles. The zero-order valence-electron chi connectivity index (χ0n) is 17.3. The average molecular weight is 393 g/mol. The smallest absolute Gasteiger partial charge is 0.257 e. The highest BCUT2D eigenvalue weighted by Gasteiger charge is 2.23. The fourth-order valence-electron chi connectivity index (χ4n) is 2.95. The second-order valence-electron chi connectivity index (χ2n) is 7.77. The van der Waals surface area contributed by atoms with Crippen LogP contribution in [0.25, 0.3) is 5.69 Å². The van der Waals surface area contributed by atoms with Crippen LogP contribution in [0.4, 0.5) is 0 Å². The van der Waals surface area contributed by atoms with Gasteiger partial charge in [-0.2, -0.15) is 5.10 Å². The zero-order chi connectivity index (χ0) is 19.4. The summed E-state index contributed by atoms with van der Waals surface area (Å²) in [5.74, 6) is 0.598. The molecule has 0 fully saturated rings. The molecule has 27 heavy (non-hydrogen) atoms. The topological polar surface area (TPSA) is 64.2 Å². The number of halogens is 1. The predicted octanol–water partition coefficient (Wildman–Crippen LogP) is 4.17. The van der Waals surface area contributed by atoms with Crippen molar-refractivity contribution in [1.29, 1.82) is 0 Å². The van der Waals surface area contributed by atoms with Crippen LogP contribution in [-0.2, 0) is 0 Å². The third-order valence-electron chi connectivity index (χ3n) is 4.86. The summed E-state index contributed by atoms with van der Waals surface area (Å²) in [5.41, 5.74) is 9.90. The van der Waals surface area contributed by atoms with Crippen molar-refractivity contribution >= 4 is 18.3 Å². The largest absolute Gasteiger partial charge is 0.342 e. The SMILES string of the molecule is Cc1ccc(-n2ncc(C(=O)N(C)CCC(N)C(C)C)c2C(C)C)cc1.Cl. The summed E-state index contributed by atoms with van der Waals surface area (Å²) in [5, 5.41) is 4.51. The van der Waals surface area contributed by atoms with Crippen LogP contribution in [0.1, 0.15) is 61.6 Å². The van der Waals surface area contributed by atoms with Gasteiger partial charge in [-0.15, -0.1) is 12.4 Å². The van der Waals surface area contributed by atoms with E-state index < -0.39 is 0 Å². The number of carbonyl (C=O) groups excluding carboxylic acids is 1. The Balaban J connectivity index is 0.00000364. The molecule has 0 saturated carbocycles. The Kier molecular flexibility index (Phi) is 8.51. The summed E-state index contributed by atoms with van der Waals surface area (Å²) in [4.78, 5) is 14.7. The number of hydrogen-bond donors (Lipinski definition) is 1. The lowest BCUT2D eigenvalue weighted by Gasteiger charge is -2.22. The van der Waals surface area contributed by atoms with Gasteiger partial charge in [0, 0.05) is 19.6 Å². The number of carbonyl (C=O) groups is 1. The first-order chi connectivity index (χ1) is 12.2. The Morgan fingerprint density at radius 1 is 1.19 bits per heavy atom. The minimum atomic E-state index is 0. The molecule has 1 atom stereocenters. The molecule has 0 spiro atoms. The molecular weight excluding hydrogens is 360 g/mol. The summed E-state index contributed by atoms with van der Waals surface area (Å²) < 4.78 is 1.88. The van der Waals surface area contributed by atoms with Crippen molar-refractivity contribution in [2.75, 3.05) is 13.6 Å². The van der Waals surface area contributed by atoms with Gasteiger partial charge in [-0.1, -0.05) is 45.4 Å². The molecule has 2 N–H and O–H groups in total. The maximum Gasteiger partial charge on any atom is 0.257 e. The lowest BCUT2D eigenvalue weighted by Crippen LogP contribution is -2.35. The minimum absolute atomic E-state index is 0. The molecule has 0 radical (unpaired) electrons. The molecule has 0 aliphatic carbocycles. The van der Waals surface area contributed by atoms with E-state index in [2.05, 4.69) is 51.9 Å². The van der Waals surface area contributed by atoms with Gasteiger partial charge in [0.2, 0.25) is 0 Å². The van der Waals surface area contributed by atoms with Crippen LogP contribution >= 0.6 is 12.4 Å². The van der Waals surface area contributed by atoms with Crippen molar-refractivity contribution in [2.24, 2.45) is 11.7 Å². The predicted molar refractivity (Wildman–Crippen MR) is 114 cm³/mol. The summed E-state index contributed by atoms with van der Waals surface area (Å²) in [6.07, 6.45) is 2.49. The van der Waals surface area contributed by atoms with Crippen molar-refractivity contribution in [3.8, 4) is 5.69 Å². The number of benzene rings is 1. The molecule has 2 rings (SSSR count). The molecule has 1 aromatic carbocycles. The molecule has 1 heterocycles. The maximum atomic E-state index is 13.0. The molecule has 150 valence electrons. The molecule has 0 aliphatic heterocycles. The number of hydrogen-bond acceptors (Lipinski definition) is 3. The number of amides is 1. The third-order valence-corrected chi connectivity index (χ3v) is 4.86. The van der Waals surface area contributed by atoms with E-state index >= 15 is 0 Å². The first-order valence-electron chi connectivity index (χ1n) is 9.38. The van der Waals surface area contributed by atoms with Crippen LogP contribution in [0.3, 0.4) is 0 Å². The van der Waals surface area contributed by atoms with Crippen molar-refractivity contribution in [2.45, 2.75) is 53.0 Å². The van der Waals surface area contributed by atoms with E-state index in [1.807, 2.05) is 23.9 Å². The Hall–Kier alpha value is -1.85. The summed E-state index contributed by atoms with van der Waals surface area (Å²) in [7, 11) is 1.84. The van der Waals surface area contributed by atoms with Crippen LogP contribution in [0.5, 0.6) is 0 Å². The van der Waals surface area contributed by atoms with Crippen LogP contribution in [0.15, 0.2) is 30.5 Å². The molecular formula is C21H33ClN4O. The molecule has 6 heteroatoms. The highest BCUT2D eigenvalue weighted by molar-refractivity contribution is 5.95. The van der Waals surface area contributed by atoms with Gasteiger partial charge in [-0.25, -0.2) is 4.68 Å². The summed E-state index contributed by atoms with van der Waals surface area (Å²) in [6.45, 7) is 11.1. The van der Waals surface area contributed by atoms with Crippen LogP contribution in [0.2, 0.25) is 0 Å². The fourth-order valence-corrected chi connectivity index (χ4v) is 2.95. The van der Waals surface area contributed by atoms with Crippen molar-refractivity contribution in [3.05, 3.63) is 47.3 Å². The van der Waals surface area contributed by atoms with Gasteiger partial charge in [0.05, 0.1) is 23.1 Å². The molecule has 0 saturated heterocycles. The Morgan fingerprint density at radius 3 is 2.30 bits per heavy atom. The van der Waals surface area contributed by atoms with Crippen LogP contribution < -0.4 is 5.73 Å². The lowest BCUT2D eigenvalue weighted by molar-refractivity contribution is 0.0787. The number of nitrogens with zero attached hydrogens (tertiary/aromatic N) is 3. The fraction of sp³-hybridized carbons (Fsp3) is 0.524. The number of aryl methyl sites for hydroxylation is 1. The quantitative estimate of drug-likeness (QED) is 0.768. The molecule has 2 aromatic rings. The van der Waals surface area contributed by atoms with E-state index in [1.54, 1.807) is 11.1 Å². The third kappa shape index (κ3) is 5.56. The van der Waals surface area contributed by atoms with Gasteiger partial charge in [-0.3, -0.25) is 4.79 Å². The average Bonchev–Trinajstić information content (AvgIpc) is 3.04. The number of nitrogens with two attached hydrogens (primary N) is 1. The second kappa shape index (κ2) is 9.90. The highest BCUT2D eigenvalue weighted by atomic mass is 35.5. The van der Waals surface area contributed by atoms with Gasteiger partial charge in [0.15, 0.2) is 0 Å². The van der Waals surface area contributed by atoms with Crippen LogP contribution in [0, 0.1) is 12.8 Å². The van der Waals surface area contributed by atoms with E-state index in [9.17, 15) is 4.79 Å². The van der Waals surface area contributed by atoms with E-state index in [1.165, 1.54) is 5.56 Å². The number of aromatic nitrogens is 2. The first kappa shape index (κ1) is 23.2.